The number of rotatable bonds is 4. The van der Waals surface area contributed by atoms with Crippen molar-refractivity contribution < 1.29 is 4.79 Å². The van der Waals surface area contributed by atoms with Gasteiger partial charge in [-0.1, -0.05) is 30.2 Å². The maximum Gasteiger partial charge on any atom is 0.297 e. The van der Waals surface area contributed by atoms with Crippen molar-refractivity contribution in [3.8, 4) is 12.3 Å². The standard InChI is InChI=1S/C18H18N4OS/c1-4-11-21-14-8-7-13(5-2)12-16(14)24-18(21)20-17(23)15-9-10-19-22(15)6-3/h1,7-10,12H,5-6,11H2,2-3H3. The van der Waals surface area contributed by atoms with Gasteiger partial charge in [-0.3, -0.25) is 9.48 Å². The molecule has 5 nitrogen and oxygen atoms in total. The van der Waals surface area contributed by atoms with Gasteiger partial charge in [-0.2, -0.15) is 10.1 Å². The molecule has 0 aliphatic carbocycles. The van der Waals surface area contributed by atoms with Crippen LogP contribution < -0.4 is 4.80 Å². The second-order valence-electron chi connectivity index (χ2n) is 5.28. The topological polar surface area (TPSA) is 52.2 Å². The Bertz CT molecular complexity index is 1000. The summed E-state index contributed by atoms with van der Waals surface area (Å²) in [6.45, 7) is 5.06. The SMILES string of the molecule is C#CCn1c(=NC(=O)c2ccnn2CC)sc2cc(CC)ccc21. The molecular formula is C18H18N4OS. The second-order valence-corrected chi connectivity index (χ2v) is 6.29. The molecule has 0 atom stereocenters. The van der Waals surface area contributed by atoms with Gasteiger partial charge in [0.1, 0.15) is 5.69 Å². The molecule has 0 bridgehead atoms. The highest BCUT2D eigenvalue weighted by Crippen LogP contribution is 2.19. The van der Waals surface area contributed by atoms with Crippen LogP contribution >= 0.6 is 11.3 Å². The zero-order valence-electron chi connectivity index (χ0n) is 13.7. The van der Waals surface area contributed by atoms with Crippen LogP contribution in [0, 0.1) is 12.3 Å². The second kappa shape index (κ2) is 6.85. The molecule has 0 aliphatic rings. The van der Waals surface area contributed by atoms with Gasteiger partial charge in [-0.15, -0.1) is 6.42 Å². The van der Waals surface area contributed by atoms with Crippen molar-refractivity contribution in [2.24, 2.45) is 4.99 Å². The summed E-state index contributed by atoms with van der Waals surface area (Å²) in [5.41, 5.74) is 2.74. The Balaban J connectivity index is 2.15. The maximum absolute atomic E-state index is 12.5. The van der Waals surface area contributed by atoms with E-state index in [9.17, 15) is 4.79 Å². The normalized spacial score (nSPS) is 11.8. The van der Waals surface area contributed by atoms with Gasteiger partial charge in [0.2, 0.25) is 0 Å². The summed E-state index contributed by atoms with van der Waals surface area (Å²) < 4.78 is 4.63. The van der Waals surface area contributed by atoms with Crippen molar-refractivity contribution in [1.29, 1.82) is 0 Å². The van der Waals surface area contributed by atoms with E-state index < -0.39 is 0 Å². The van der Waals surface area contributed by atoms with Crippen LogP contribution in [-0.2, 0) is 19.5 Å². The molecule has 0 unspecified atom stereocenters. The molecule has 24 heavy (non-hydrogen) atoms. The Labute approximate surface area is 144 Å². The Kier molecular flexibility index (Phi) is 4.63. The summed E-state index contributed by atoms with van der Waals surface area (Å²) in [6.07, 6.45) is 8.07. The number of benzene rings is 1. The number of fused-ring (bicyclic) bond motifs is 1. The molecule has 2 heterocycles. The lowest BCUT2D eigenvalue weighted by molar-refractivity contribution is 0.0987. The van der Waals surface area contributed by atoms with Gasteiger partial charge in [0.15, 0.2) is 4.80 Å². The van der Waals surface area contributed by atoms with Crippen molar-refractivity contribution in [3.05, 3.63) is 46.5 Å². The Morgan fingerprint density at radius 2 is 2.21 bits per heavy atom. The first-order valence-corrected chi connectivity index (χ1v) is 8.66. The molecule has 0 aliphatic heterocycles. The molecule has 0 N–H and O–H groups in total. The third kappa shape index (κ3) is 2.91. The van der Waals surface area contributed by atoms with Gasteiger partial charge in [0.05, 0.1) is 16.8 Å². The minimum absolute atomic E-state index is 0.303. The monoisotopic (exact) mass is 338 g/mol. The van der Waals surface area contributed by atoms with Crippen LogP contribution in [-0.4, -0.2) is 20.3 Å². The number of aromatic nitrogens is 3. The van der Waals surface area contributed by atoms with Crippen LogP contribution in [0.15, 0.2) is 35.5 Å². The third-order valence-corrected chi connectivity index (χ3v) is 4.88. The Morgan fingerprint density at radius 1 is 1.38 bits per heavy atom. The summed E-state index contributed by atoms with van der Waals surface area (Å²) in [7, 11) is 0. The molecule has 0 spiro atoms. The quantitative estimate of drug-likeness (QED) is 0.687. The molecule has 2 aromatic heterocycles. The van der Waals surface area contributed by atoms with Crippen molar-refractivity contribution in [2.75, 3.05) is 0 Å². The predicted octanol–water partition coefficient (Wildman–Crippen LogP) is 2.86. The lowest BCUT2D eigenvalue weighted by Gasteiger charge is -2.01. The molecule has 6 heteroatoms. The molecule has 3 rings (SSSR count). The zero-order valence-corrected chi connectivity index (χ0v) is 14.5. The molecule has 122 valence electrons. The summed E-state index contributed by atoms with van der Waals surface area (Å²) >= 11 is 1.48. The number of carbonyl (C=O) groups excluding carboxylic acids is 1. The van der Waals surface area contributed by atoms with E-state index in [0.717, 1.165) is 16.6 Å². The van der Waals surface area contributed by atoms with Gasteiger partial charge in [0, 0.05) is 12.7 Å². The van der Waals surface area contributed by atoms with E-state index in [2.05, 4.69) is 35.1 Å². The highest BCUT2D eigenvalue weighted by atomic mass is 32.1. The van der Waals surface area contributed by atoms with Crippen LogP contribution in [0.4, 0.5) is 0 Å². The highest BCUT2D eigenvalue weighted by molar-refractivity contribution is 7.16. The first-order chi connectivity index (χ1) is 11.7. The van der Waals surface area contributed by atoms with Crippen molar-refractivity contribution in [3.63, 3.8) is 0 Å². The van der Waals surface area contributed by atoms with Crippen molar-refractivity contribution >= 4 is 27.5 Å². The summed E-state index contributed by atoms with van der Waals surface area (Å²) in [6, 6.07) is 7.94. The number of thiazole rings is 1. The van der Waals surface area contributed by atoms with Gasteiger partial charge in [-0.25, -0.2) is 0 Å². The zero-order chi connectivity index (χ0) is 17.1. The fraction of sp³-hybridized carbons (Fsp3) is 0.278. The largest absolute Gasteiger partial charge is 0.305 e. The summed E-state index contributed by atoms with van der Waals surface area (Å²) in [5.74, 6) is 2.34. The maximum atomic E-state index is 12.5. The molecule has 3 aromatic rings. The van der Waals surface area contributed by atoms with Crippen LogP contribution in [0.3, 0.4) is 0 Å². The van der Waals surface area contributed by atoms with Crippen LogP contribution in [0.1, 0.15) is 29.9 Å². The molecule has 0 saturated heterocycles. The molecule has 0 radical (unpaired) electrons. The number of hydrogen-bond donors (Lipinski definition) is 0. The van der Waals surface area contributed by atoms with E-state index in [4.69, 9.17) is 6.42 Å². The van der Waals surface area contributed by atoms with Crippen LogP contribution in [0.2, 0.25) is 0 Å². The first-order valence-electron chi connectivity index (χ1n) is 7.84. The molecule has 1 amide bonds. The van der Waals surface area contributed by atoms with Crippen LogP contribution in [0.25, 0.3) is 10.2 Å². The lowest BCUT2D eigenvalue weighted by atomic mass is 10.2. The van der Waals surface area contributed by atoms with Crippen LogP contribution in [0.5, 0.6) is 0 Å². The number of terminal acetylenes is 1. The van der Waals surface area contributed by atoms with E-state index in [1.165, 1.54) is 16.9 Å². The summed E-state index contributed by atoms with van der Waals surface area (Å²) in [5, 5.41) is 4.12. The average Bonchev–Trinajstić information content (AvgIpc) is 3.19. The number of aryl methyl sites for hydroxylation is 2. The molecular weight excluding hydrogens is 320 g/mol. The van der Waals surface area contributed by atoms with E-state index in [1.807, 2.05) is 17.6 Å². The number of nitrogens with zero attached hydrogens (tertiary/aromatic N) is 4. The van der Waals surface area contributed by atoms with Gasteiger partial charge < -0.3 is 4.57 Å². The van der Waals surface area contributed by atoms with Crippen molar-refractivity contribution in [1.82, 2.24) is 14.3 Å². The molecule has 0 saturated carbocycles. The van der Waals surface area contributed by atoms with E-state index >= 15 is 0 Å². The minimum Gasteiger partial charge on any atom is -0.305 e. The number of carbonyl (C=O) groups is 1. The molecule has 1 aromatic carbocycles. The molecule has 0 fully saturated rings. The fourth-order valence-corrected chi connectivity index (χ4v) is 3.67. The van der Waals surface area contributed by atoms with E-state index in [1.54, 1.807) is 16.9 Å². The number of hydrogen-bond acceptors (Lipinski definition) is 3. The van der Waals surface area contributed by atoms with Gasteiger partial charge in [-0.05, 0) is 37.1 Å². The lowest BCUT2D eigenvalue weighted by Crippen LogP contribution is -2.18. The third-order valence-electron chi connectivity index (χ3n) is 3.84. The van der Waals surface area contributed by atoms with E-state index in [0.29, 0.717) is 23.6 Å². The van der Waals surface area contributed by atoms with Gasteiger partial charge in [0.25, 0.3) is 5.91 Å². The van der Waals surface area contributed by atoms with Crippen molar-refractivity contribution in [2.45, 2.75) is 33.4 Å². The minimum atomic E-state index is -0.303. The predicted molar refractivity (Wildman–Crippen MR) is 95.8 cm³/mol. The van der Waals surface area contributed by atoms with E-state index in [-0.39, 0.29) is 5.91 Å². The first kappa shape index (κ1) is 16.2. The smallest absolute Gasteiger partial charge is 0.297 e. The fourth-order valence-electron chi connectivity index (χ4n) is 2.58. The highest BCUT2D eigenvalue weighted by Gasteiger charge is 2.12. The Hall–Kier alpha value is -2.65. The van der Waals surface area contributed by atoms with Gasteiger partial charge >= 0.3 is 0 Å². The summed E-state index contributed by atoms with van der Waals surface area (Å²) in [4.78, 5) is 17.4. The average molecular weight is 338 g/mol. The number of amides is 1. The Morgan fingerprint density at radius 3 is 2.92 bits per heavy atom.